The van der Waals surface area contributed by atoms with Gasteiger partial charge in [-0.2, -0.15) is 5.11 Å². The van der Waals surface area contributed by atoms with Crippen molar-refractivity contribution in [2.24, 2.45) is 15.4 Å². The van der Waals surface area contributed by atoms with Gasteiger partial charge in [0, 0.05) is 19.1 Å². The maximum atomic E-state index is 12.7. The number of aromatic nitrogens is 2. The summed E-state index contributed by atoms with van der Waals surface area (Å²) in [5, 5.41) is 16.3. The smallest absolute Gasteiger partial charge is 0.270 e. The van der Waals surface area contributed by atoms with Gasteiger partial charge in [0.2, 0.25) is 0 Å². The number of hydrogen-bond donors (Lipinski definition) is 2. The molecule has 32 heavy (non-hydrogen) atoms. The first kappa shape index (κ1) is 18.5. The second-order valence-electron chi connectivity index (χ2n) is 7.05. The van der Waals surface area contributed by atoms with E-state index in [9.17, 15) is 9.59 Å². The van der Waals surface area contributed by atoms with Gasteiger partial charge < -0.3 is 10.6 Å². The molecule has 0 fully saturated rings. The maximum Gasteiger partial charge on any atom is 0.270 e. The van der Waals surface area contributed by atoms with Crippen LogP contribution in [0.2, 0.25) is 0 Å². The van der Waals surface area contributed by atoms with Gasteiger partial charge in [0.25, 0.3) is 11.8 Å². The lowest BCUT2D eigenvalue weighted by atomic mass is 10.1. The van der Waals surface area contributed by atoms with Crippen molar-refractivity contribution in [2.45, 2.75) is 20.0 Å². The van der Waals surface area contributed by atoms with Crippen LogP contribution in [0.25, 0.3) is 0 Å². The highest BCUT2D eigenvalue weighted by Gasteiger charge is 2.13. The van der Waals surface area contributed by atoms with Crippen molar-refractivity contribution in [3.05, 3.63) is 94.6 Å². The van der Waals surface area contributed by atoms with Crippen LogP contribution < -0.4 is 10.6 Å². The molecular weight excluding hydrogens is 406 g/mol. The van der Waals surface area contributed by atoms with Gasteiger partial charge in [-0.05, 0) is 28.8 Å². The molecule has 160 valence electrons. The molecule has 1 aliphatic heterocycles. The zero-order valence-electron chi connectivity index (χ0n) is 19.2. The van der Waals surface area contributed by atoms with Crippen LogP contribution in [0, 0.1) is 6.92 Å². The van der Waals surface area contributed by atoms with Crippen LogP contribution in [0.5, 0.6) is 0 Å². The minimum absolute atomic E-state index is 0.00545. The first-order valence-corrected chi connectivity index (χ1v) is 9.84. The molecule has 0 saturated carbocycles. The third-order valence-electron chi connectivity index (χ3n) is 4.66. The van der Waals surface area contributed by atoms with Crippen LogP contribution in [0.15, 0.2) is 76.4 Å². The predicted molar refractivity (Wildman–Crippen MR) is 118 cm³/mol. The van der Waals surface area contributed by atoms with Crippen molar-refractivity contribution in [1.82, 2.24) is 20.6 Å². The summed E-state index contributed by atoms with van der Waals surface area (Å²) in [5.41, 5.74) is 3.59. The zero-order valence-corrected chi connectivity index (χ0v) is 17.2. The number of hydrogen-bond acceptors (Lipinski definition) is 7. The van der Waals surface area contributed by atoms with Crippen molar-refractivity contribution in [3.63, 3.8) is 0 Å². The van der Waals surface area contributed by atoms with Crippen molar-refractivity contribution >= 4 is 17.5 Å². The predicted octanol–water partition coefficient (Wildman–Crippen LogP) is 2.81. The molecule has 0 saturated heterocycles. The molecule has 2 N–H and O–H groups in total. The van der Waals surface area contributed by atoms with Gasteiger partial charge >= 0.3 is 0 Å². The molecular formula is C23H21N7O2. The van der Waals surface area contributed by atoms with E-state index in [0.717, 1.165) is 23.0 Å². The minimum atomic E-state index is -2.18. The Balaban J connectivity index is 1.41. The lowest BCUT2D eigenvalue weighted by Gasteiger charge is -2.08. The van der Waals surface area contributed by atoms with Gasteiger partial charge in [-0.1, -0.05) is 54.1 Å². The van der Waals surface area contributed by atoms with E-state index in [4.69, 9.17) is 2.74 Å². The van der Waals surface area contributed by atoms with E-state index < -0.39 is 18.3 Å². The number of benzene rings is 2. The summed E-state index contributed by atoms with van der Waals surface area (Å²) < 4.78 is 16.6. The van der Waals surface area contributed by atoms with Crippen LogP contribution in [-0.2, 0) is 13.0 Å². The summed E-state index contributed by atoms with van der Waals surface area (Å²) in [6, 6.07) is 15.4. The van der Waals surface area contributed by atoms with Gasteiger partial charge in [-0.3, -0.25) is 9.59 Å². The Labute approximate surface area is 187 Å². The van der Waals surface area contributed by atoms with Gasteiger partial charge in [0.15, 0.2) is 0 Å². The average molecular weight is 429 g/mol. The summed E-state index contributed by atoms with van der Waals surface area (Å²) in [7, 11) is 0. The van der Waals surface area contributed by atoms with Gasteiger partial charge in [0.1, 0.15) is 24.3 Å². The summed E-state index contributed by atoms with van der Waals surface area (Å²) in [5.74, 6) is -1.24. The van der Waals surface area contributed by atoms with Crippen LogP contribution in [0.1, 0.15) is 46.0 Å². The topological polar surface area (TPSA) is 121 Å². The van der Waals surface area contributed by atoms with E-state index in [0.29, 0.717) is 18.8 Å². The summed E-state index contributed by atoms with van der Waals surface area (Å²) in [6.07, 6.45) is 1.10. The fraction of sp³-hybridized carbons (Fsp3) is 0.174. The van der Waals surface area contributed by atoms with E-state index in [-0.39, 0.29) is 17.0 Å². The maximum absolute atomic E-state index is 12.7. The molecule has 9 nitrogen and oxygen atoms in total. The highest BCUT2D eigenvalue weighted by molar-refractivity contribution is 6.02. The van der Waals surface area contributed by atoms with Crippen molar-refractivity contribution in [3.8, 4) is 0 Å². The minimum Gasteiger partial charge on any atom is -0.347 e. The standard InChI is InChI=1S/C23H21N7O2/c1-15-3-2-4-17(9-15)12-25-23(32)20-10-19(26-14-27-20)22(31)24-11-16-5-7-18(8-6-16)21-13-28-30-29-21/h2-10,14H,11-13H2,1H3,(H,24,31)(H,25,32)/i11D2. The van der Waals surface area contributed by atoms with Gasteiger partial charge in [-0.25, -0.2) is 9.97 Å². The van der Waals surface area contributed by atoms with Gasteiger partial charge in [-0.15, -0.1) is 5.10 Å². The van der Waals surface area contributed by atoms with Crippen molar-refractivity contribution in [1.29, 1.82) is 0 Å². The fourth-order valence-corrected chi connectivity index (χ4v) is 3.00. The van der Waals surface area contributed by atoms with E-state index >= 15 is 0 Å². The van der Waals surface area contributed by atoms with Gasteiger partial charge in [0.05, 0.1) is 8.45 Å². The largest absolute Gasteiger partial charge is 0.347 e. The third kappa shape index (κ3) is 5.25. The lowest BCUT2D eigenvalue weighted by molar-refractivity contribution is 0.0944. The Morgan fingerprint density at radius 3 is 2.41 bits per heavy atom. The van der Waals surface area contributed by atoms with Crippen molar-refractivity contribution < 1.29 is 12.3 Å². The van der Waals surface area contributed by atoms with E-state index in [1.54, 1.807) is 24.3 Å². The second kappa shape index (κ2) is 9.69. The summed E-state index contributed by atoms with van der Waals surface area (Å²) >= 11 is 0. The molecule has 9 heteroatoms. The first-order chi connectivity index (χ1) is 16.3. The number of carbonyl (C=O) groups excluding carboxylic acids is 2. The Kier molecular flexibility index (Phi) is 5.60. The quantitative estimate of drug-likeness (QED) is 0.600. The van der Waals surface area contributed by atoms with Crippen LogP contribution >= 0.6 is 0 Å². The number of nitrogens with zero attached hydrogens (tertiary/aromatic N) is 5. The number of carbonyl (C=O) groups is 2. The van der Waals surface area contributed by atoms with Crippen LogP contribution in [0.4, 0.5) is 0 Å². The number of aryl methyl sites for hydroxylation is 1. The number of amides is 2. The van der Waals surface area contributed by atoms with Crippen molar-refractivity contribution in [2.75, 3.05) is 6.54 Å². The summed E-state index contributed by atoms with van der Waals surface area (Å²) in [6.45, 7) is 0.460. The lowest BCUT2D eigenvalue weighted by Crippen LogP contribution is -2.27. The molecule has 2 amide bonds. The number of rotatable bonds is 7. The molecule has 2 aromatic carbocycles. The fourth-order valence-electron chi connectivity index (χ4n) is 3.00. The SMILES string of the molecule is [2H]C([2H])(NC(=O)c1cc(C(=O)NCc2cccc(C)c2)ncn1)c1ccc(C2=NN=NC2)cc1. The van der Waals surface area contributed by atoms with Crippen LogP contribution in [0.3, 0.4) is 0 Å². The molecule has 0 unspecified atom stereocenters. The zero-order chi connectivity index (χ0) is 24.1. The monoisotopic (exact) mass is 429 g/mol. The second-order valence-corrected chi connectivity index (χ2v) is 7.05. The Morgan fingerprint density at radius 2 is 1.72 bits per heavy atom. The molecule has 2 heterocycles. The van der Waals surface area contributed by atoms with E-state index in [1.807, 2.05) is 31.2 Å². The van der Waals surface area contributed by atoms with Crippen LogP contribution in [-0.4, -0.2) is 34.0 Å². The molecule has 0 atom stereocenters. The van der Waals surface area contributed by atoms with E-state index in [2.05, 4.69) is 36.0 Å². The normalized spacial score (nSPS) is 13.7. The molecule has 0 aliphatic carbocycles. The molecule has 1 aliphatic rings. The molecule has 4 rings (SSSR count). The Bertz CT molecular complexity index is 1290. The Hall–Kier alpha value is -4.27. The Morgan fingerprint density at radius 1 is 0.969 bits per heavy atom. The molecule has 3 aromatic rings. The number of nitrogens with one attached hydrogen (secondary N) is 2. The molecule has 0 bridgehead atoms. The van der Waals surface area contributed by atoms with E-state index in [1.165, 1.54) is 6.07 Å². The molecule has 0 radical (unpaired) electrons. The molecule has 1 aromatic heterocycles. The third-order valence-corrected chi connectivity index (χ3v) is 4.66. The highest BCUT2D eigenvalue weighted by Crippen LogP contribution is 2.10. The first-order valence-electron chi connectivity index (χ1n) is 10.8. The summed E-state index contributed by atoms with van der Waals surface area (Å²) in [4.78, 5) is 33.0. The average Bonchev–Trinajstić information content (AvgIpc) is 3.38. The highest BCUT2D eigenvalue weighted by atomic mass is 16.2. The molecule has 0 spiro atoms.